The Morgan fingerprint density at radius 1 is 1.20 bits per heavy atom. The van der Waals surface area contributed by atoms with E-state index in [1.165, 1.54) is 44.7 Å². The van der Waals surface area contributed by atoms with Crippen LogP contribution in [0.3, 0.4) is 0 Å². The van der Waals surface area contributed by atoms with E-state index < -0.39 is 29.5 Å². The number of halogens is 3. The number of methoxy groups -OCH3 is 1. The molecule has 2 bridgehead atoms. The number of carbonyl (C=O) groups is 1. The predicted octanol–water partition coefficient (Wildman–Crippen LogP) is 6.46. The van der Waals surface area contributed by atoms with Gasteiger partial charge in [-0.2, -0.15) is 13.2 Å². The van der Waals surface area contributed by atoms with Crippen LogP contribution < -0.4 is 5.32 Å². The fraction of sp³-hybridized carbons (Fsp3) is 0.629. The Kier molecular flexibility index (Phi) is 7.14. The number of hydrogen-bond donors (Lipinski definition) is 2. The molecule has 4 fully saturated rings. The van der Waals surface area contributed by atoms with Crippen molar-refractivity contribution in [3.8, 4) is 0 Å². The summed E-state index contributed by atoms with van der Waals surface area (Å²) in [5.41, 5.74) is -1.35. The lowest BCUT2D eigenvalue weighted by Gasteiger charge is -2.63. The van der Waals surface area contributed by atoms with Crippen LogP contribution in [0.5, 0.6) is 0 Å². The van der Waals surface area contributed by atoms with E-state index in [0.717, 1.165) is 66.4 Å². The van der Waals surface area contributed by atoms with Gasteiger partial charge in [-0.3, -0.25) is 4.79 Å². The molecular weight excluding hydrogens is 569 g/mol. The Balaban J connectivity index is 1.29. The first-order chi connectivity index (χ1) is 20.9. The number of ether oxygens (including phenoxy) is 2. The maximum Gasteiger partial charge on any atom is 0.421 e. The van der Waals surface area contributed by atoms with Crippen molar-refractivity contribution in [2.75, 3.05) is 26.7 Å². The lowest BCUT2D eigenvalue weighted by atomic mass is 9.49. The van der Waals surface area contributed by atoms with Crippen LogP contribution >= 0.6 is 0 Å². The number of piperidine rings is 1. The number of likely N-dealkylation sites (tertiary alicyclic amines) is 1. The van der Waals surface area contributed by atoms with Crippen molar-refractivity contribution in [3.63, 3.8) is 0 Å². The van der Waals surface area contributed by atoms with Crippen LogP contribution in [0.4, 0.5) is 13.2 Å². The van der Waals surface area contributed by atoms with Gasteiger partial charge in [-0.05, 0) is 42.9 Å². The van der Waals surface area contributed by atoms with Crippen molar-refractivity contribution in [1.82, 2.24) is 5.32 Å². The summed E-state index contributed by atoms with van der Waals surface area (Å²) in [6.07, 6.45) is 3.55. The second-order valence-electron chi connectivity index (χ2n) is 14.6. The van der Waals surface area contributed by atoms with Gasteiger partial charge in [-0.15, -0.1) is 0 Å². The monoisotopic (exact) mass is 613 g/mol. The molecule has 0 aromatic heterocycles. The molecule has 7 rings (SSSR count). The van der Waals surface area contributed by atoms with Crippen molar-refractivity contribution < 1.29 is 37.0 Å². The van der Waals surface area contributed by atoms with Crippen LogP contribution in [-0.2, 0) is 14.3 Å². The maximum absolute atomic E-state index is 14.3. The molecule has 238 valence electrons. The lowest BCUT2D eigenvalue weighted by molar-refractivity contribution is -0.967. The highest BCUT2D eigenvalue weighted by Crippen LogP contribution is 2.68. The summed E-state index contributed by atoms with van der Waals surface area (Å²) in [4.78, 5) is 13.5. The molecule has 2 saturated carbocycles. The summed E-state index contributed by atoms with van der Waals surface area (Å²) < 4.78 is 56.7. The molecule has 2 saturated heterocycles. The zero-order valence-electron chi connectivity index (χ0n) is 25.8. The van der Waals surface area contributed by atoms with Gasteiger partial charge in [0, 0.05) is 54.8 Å². The summed E-state index contributed by atoms with van der Waals surface area (Å²) in [6.45, 7) is 7.94. The molecule has 0 radical (unpaired) electrons. The molecule has 2 N–H and O–H groups in total. The highest BCUT2D eigenvalue weighted by atomic mass is 19.4. The summed E-state index contributed by atoms with van der Waals surface area (Å²) in [6, 6.07) is 8.33. The van der Waals surface area contributed by atoms with Crippen LogP contribution in [0.25, 0.3) is 6.08 Å². The molecule has 6 nitrogen and oxygen atoms in total. The number of nitrogens with zero attached hydrogens (tertiary/aromatic N) is 1. The molecule has 4 aliphatic carbocycles. The van der Waals surface area contributed by atoms with Gasteiger partial charge in [-0.25, -0.2) is 0 Å². The first-order valence-electron chi connectivity index (χ1n) is 16.3. The van der Waals surface area contributed by atoms with E-state index in [1.54, 1.807) is 18.2 Å². The SMILES string of the molecule is COC1(NC(=O)C(=Cc2ccccc2)C(F)(F)F)C=C(O)C2=C3C1O[C@H]1CCC[C@H]4[C@@H](C2)[N+](CC(C)C)(CC2CC2)CC[C@]314. The number of aliphatic hydroxyl groups is 1. The summed E-state index contributed by atoms with van der Waals surface area (Å²) in [5, 5.41) is 14.3. The minimum Gasteiger partial charge on any atom is -0.508 e. The van der Waals surface area contributed by atoms with Crippen molar-refractivity contribution in [2.24, 2.45) is 23.2 Å². The van der Waals surface area contributed by atoms with Gasteiger partial charge in [0.25, 0.3) is 5.91 Å². The molecule has 1 amide bonds. The van der Waals surface area contributed by atoms with Gasteiger partial charge in [0.1, 0.15) is 17.4 Å². The third-order valence-corrected chi connectivity index (χ3v) is 11.6. The van der Waals surface area contributed by atoms with Crippen molar-refractivity contribution in [2.45, 2.75) is 88.9 Å². The van der Waals surface area contributed by atoms with Crippen LogP contribution in [0.2, 0.25) is 0 Å². The second kappa shape index (κ2) is 10.5. The van der Waals surface area contributed by atoms with Crippen LogP contribution in [0.15, 0.2) is 58.9 Å². The molecule has 7 atom stereocenters. The van der Waals surface area contributed by atoms with E-state index in [4.69, 9.17) is 9.47 Å². The number of benzene rings is 1. The molecule has 2 heterocycles. The standard InChI is InChI=1S/C35H43F3N2O4/c1-21(2)19-40(20-23-12-13-23)15-14-33-25-10-7-11-29(33)44-31-30(33)24(17-27(25)40)28(41)18-34(31,43-3)39-32(42)26(35(36,37)38)16-22-8-5-4-6-9-22/h4-6,8-9,16,18,21,23,25,27,29,31H,7,10-15,17,19-20H2,1-3H3,(H-,39,41,42)/p+1/t25-,27+,29-,31?,33+,34?,40?/m0/s1. The Morgan fingerprint density at radius 3 is 2.61 bits per heavy atom. The van der Waals surface area contributed by atoms with E-state index in [0.29, 0.717) is 24.3 Å². The van der Waals surface area contributed by atoms with Gasteiger partial charge in [0.15, 0.2) is 5.72 Å². The topological polar surface area (TPSA) is 67.8 Å². The van der Waals surface area contributed by atoms with E-state index in [1.807, 2.05) is 0 Å². The van der Waals surface area contributed by atoms with Crippen molar-refractivity contribution in [3.05, 3.63) is 64.4 Å². The largest absolute Gasteiger partial charge is 0.508 e. The molecule has 1 aromatic rings. The number of aliphatic hydroxyl groups excluding tert-OH is 1. The Morgan fingerprint density at radius 2 is 1.95 bits per heavy atom. The molecule has 2 aliphatic heterocycles. The van der Waals surface area contributed by atoms with Gasteiger partial charge in [0.2, 0.25) is 0 Å². The zero-order chi connectivity index (χ0) is 31.1. The highest BCUT2D eigenvalue weighted by molar-refractivity contribution is 5.99. The van der Waals surface area contributed by atoms with E-state index in [9.17, 15) is 23.1 Å². The fourth-order valence-electron chi connectivity index (χ4n) is 9.93. The normalized spacial score (nSPS) is 38.0. The van der Waals surface area contributed by atoms with E-state index in [-0.39, 0.29) is 22.8 Å². The average molecular weight is 614 g/mol. The smallest absolute Gasteiger partial charge is 0.421 e. The van der Waals surface area contributed by atoms with Gasteiger partial charge < -0.3 is 24.4 Å². The third kappa shape index (κ3) is 4.59. The van der Waals surface area contributed by atoms with Crippen LogP contribution in [0.1, 0.15) is 64.4 Å². The molecule has 1 aromatic carbocycles. The summed E-state index contributed by atoms with van der Waals surface area (Å²) >= 11 is 0. The van der Waals surface area contributed by atoms with Crippen LogP contribution in [0, 0.1) is 23.2 Å². The van der Waals surface area contributed by atoms with Gasteiger partial charge in [0.05, 0.1) is 31.8 Å². The summed E-state index contributed by atoms with van der Waals surface area (Å²) in [5.74, 6) is 0.342. The molecule has 44 heavy (non-hydrogen) atoms. The van der Waals surface area contributed by atoms with Gasteiger partial charge in [-0.1, -0.05) is 50.6 Å². The maximum atomic E-state index is 14.3. The number of carbonyl (C=O) groups excluding carboxylic acids is 1. The number of hydrogen-bond acceptors (Lipinski definition) is 4. The van der Waals surface area contributed by atoms with Crippen LogP contribution in [-0.4, -0.2) is 72.4 Å². The molecule has 9 heteroatoms. The average Bonchev–Trinajstić information content (AvgIpc) is 3.72. The highest BCUT2D eigenvalue weighted by Gasteiger charge is 2.72. The minimum absolute atomic E-state index is 0.00684. The predicted molar refractivity (Wildman–Crippen MR) is 160 cm³/mol. The fourth-order valence-corrected chi connectivity index (χ4v) is 9.93. The first-order valence-corrected chi connectivity index (χ1v) is 16.3. The Hall–Kier alpha value is -2.62. The zero-order valence-corrected chi connectivity index (χ0v) is 25.8. The number of amides is 1. The van der Waals surface area contributed by atoms with Crippen molar-refractivity contribution in [1.29, 1.82) is 0 Å². The third-order valence-electron chi connectivity index (χ3n) is 11.6. The summed E-state index contributed by atoms with van der Waals surface area (Å²) in [7, 11) is 1.36. The Bertz CT molecular complexity index is 1410. The minimum atomic E-state index is -4.91. The van der Waals surface area contributed by atoms with E-state index in [2.05, 4.69) is 19.2 Å². The number of nitrogens with one attached hydrogen (secondary N) is 1. The lowest BCUT2D eigenvalue weighted by Crippen LogP contribution is -2.71. The molecule has 3 unspecified atom stereocenters. The number of alkyl halides is 3. The van der Waals surface area contributed by atoms with E-state index >= 15 is 0 Å². The van der Waals surface area contributed by atoms with Gasteiger partial charge >= 0.3 is 6.18 Å². The number of quaternary nitrogens is 1. The molecule has 1 spiro atoms. The quantitative estimate of drug-likeness (QED) is 0.201. The molecular formula is C35H44F3N2O4+. The van der Waals surface area contributed by atoms with Crippen molar-refractivity contribution >= 4 is 12.0 Å². The second-order valence-corrected chi connectivity index (χ2v) is 14.6. The Labute approximate surface area is 257 Å². The number of rotatable bonds is 8. The molecule has 6 aliphatic rings. The number of allylic oxidation sites excluding steroid dienone is 1. The first kappa shape index (κ1) is 30.1.